The molecule has 1 atom stereocenters. The van der Waals surface area contributed by atoms with E-state index in [0.29, 0.717) is 35.9 Å². The third kappa shape index (κ3) is 5.15. The van der Waals surface area contributed by atoms with Crippen LogP contribution in [0.3, 0.4) is 0 Å². The number of hydrogen-bond donors (Lipinski definition) is 2. The number of alkyl halides is 2. The number of nitrogens with one attached hydrogen (secondary N) is 1. The number of aliphatic carboxylic acids is 1. The molecule has 2 aromatic carbocycles. The number of halogens is 4. The van der Waals surface area contributed by atoms with Crippen LogP contribution in [0.5, 0.6) is 0 Å². The van der Waals surface area contributed by atoms with Crippen LogP contribution in [-0.2, 0) is 17.6 Å². The molecule has 2 N–H and O–H groups in total. The SMILES string of the molecule is O=C(NC1(C(=O)O)CC(F)(F)C1)N(CCCCc1ccccc1)C1CCc2c(Cl)cc(Cl)cc21. The lowest BCUT2D eigenvalue weighted by Crippen LogP contribution is -2.68. The fourth-order valence-electron chi connectivity index (χ4n) is 5.00. The highest BCUT2D eigenvalue weighted by Gasteiger charge is 2.62. The fraction of sp³-hybridized carbons (Fsp3) is 0.440. The Morgan fingerprint density at radius 1 is 1.12 bits per heavy atom. The van der Waals surface area contributed by atoms with Gasteiger partial charge in [0.2, 0.25) is 0 Å². The highest BCUT2D eigenvalue weighted by molar-refractivity contribution is 6.35. The van der Waals surface area contributed by atoms with Gasteiger partial charge in [0.05, 0.1) is 6.04 Å². The molecule has 9 heteroatoms. The van der Waals surface area contributed by atoms with Crippen molar-refractivity contribution < 1.29 is 23.5 Å². The maximum absolute atomic E-state index is 13.6. The molecule has 0 saturated heterocycles. The zero-order valence-electron chi connectivity index (χ0n) is 18.5. The van der Waals surface area contributed by atoms with Gasteiger partial charge in [-0.15, -0.1) is 0 Å². The number of hydrogen-bond acceptors (Lipinski definition) is 2. The standard InChI is InChI=1S/C25H26Cl2F2N2O3/c26-17-12-19-18(20(27)13-17)9-10-21(19)31(11-5-4-8-16-6-2-1-3-7-16)23(34)30-24(22(32)33)14-25(28,29)15-24/h1-3,6-7,12-13,21H,4-5,8-11,14-15H2,(H,30,34)(H,32,33). The zero-order chi connectivity index (χ0) is 24.5. The smallest absolute Gasteiger partial charge is 0.329 e. The van der Waals surface area contributed by atoms with Crippen LogP contribution in [0.25, 0.3) is 0 Å². The molecule has 182 valence electrons. The summed E-state index contributed by atoms with van der Waals surface area (Å²) in [6, 6.07) is 12.4. The molecule has 34 heavy (non-hydrogen) atoms. The lowest BCUT2D eigenvalue weighted by molar-refractivity contribution is -0.175. The number of fused-ring (bicyclic) bond motifs is 1. The molecule has 0 bridgehead atoms. The highest BCUT2D eigenvalue weighted by Crippen LogP contribution is 2.46. The van der Waals surface area contributed by atoms with Gasteiger partial charge in [-0.05, 0) is 60.9 Å². The summed E-state index contributed by atoms with van der Waals surface area (Å²) in [5.41, 5.74) is 0.945. The Labute approximate surface area is 207 Å². The number of amides is 2. The van der Waals surface area contributed by atoms with Gasteiger partial charge in [0, 0.05) is 29.4 Å². The van der Waals surface area contributed by atoms with Crippen LogP contribution < -0.4 is 5.32 Å². The van der Waals surface area contributed by atoms with E-state index in [9.17, 15) is 23.5 Å². The van der Waals surface area contributed by atoms with E-state index in [0.717, 1.165) is 24.0 Å². The van der Waals surface area contributed by atoms with E-state index in [1.54, 1.807) is 17.0 Å². The third-order valence-electron chi connectivity index (χ3n) is 6.69. The van der Waals surface area contributed by atoms with Crippen molar-refractivity contribution >= 4 is 35.2 Å². The van der Waals surface area contributed by atoms with Gasteiger partial charge in [-0.25, -0.2) is 18.4 Å². The van der Waals surface area contributed by atoms with Gasteiger partial charge in [-0.1, -0.05) is 53.5 Å². The van der Waals surface area contributed by atoms with E-state index in [1.807, 2.05) is 30.3 Å². The number of nitrogens with zero attached hydrogens (tertiary/aromatic N) is 1. The second kappa shape index (κ2) is 9.70. The molecule has 0 aliphatic heterocycles. The van der Waals surface area contributed by atoms with Crippen LogP contribution in [-0.4, -0.2) is 40.0 Å². The predicted molar refractivity (Wildman–Crippen MR) is 127 cm³/mol. The van der Waals surface area contributed by atoms with E-state index < -0.39 is 36.3 Å². The van der Waals surface area contributed by atoms with Crippen LogP contribution in [0.2, 0.25) is 10.0 Å². The molecule has 0 spiro atoms. The molecule has 2 amide bonds. The van der Waals surface area contributed by atoms with Crippen LogP contribution in [0.1, 0.15) is 54.8 Å². The summed E-state index contributed by atoms with van der Waals surface area (Å²) >= 11 is 12.6. The molecular formula is C25H26Cl2F2N2O3. The number of carboxylic acid groups (broad SMARTS) is 1. The summed E-state index contributed by atoms with van der Waals surface area (Å²) in [4.78, 5) is 26.7. The Morgan fingerprint density at radius 3 is 2.47 bits per heavy atom. The minimum atomic E-state index is -3.10. The molecule has 4 rings (SSSR count). The van der Waals surface area contributed by atoms with Crippen molar-refractivity contribution in [3.63, 3.8) is 0 Å². The van der Waals surface area contributed by atoms with Gasteiger partial charge in [0.25, 0.3) is 5.92 Å². The van der Waals surface area contributed by atoms with Crippen LogP contribution in [0.15, 0.2) is 42.5 Å². The first-order valence-corrected chi connectivity index (χ1v) is 12.1. The lowest BCUT2D eigenvalue weighted by Gasteiger charge is -2.45. The second-order valence-electron chi connectivity index (χ2n) is 9.17. The molecule has 0 heterocycles. The van der Waals surface area contributed by atoms with Gasteiger partial charge in [0.15, 0.2) is 5.54 Å². The first-order valence-electron chi connectivity index (χ1n) is 11.3. The number of benzene rings is 2. The largest absolute Gasteiger partial charge is 0.479 e. The summed E-state index contributed by atoms with van der Waals surface area (Å²) in [6.07, 6.45) is 1.72. The zero-order valence-corrected chi connectivity index (χ0v) is 20.0. The molecule has 2 aromatic rings. The number of carbonyl (C=O) groups is 2. The average molecular weight is 511 g/mol. The number of rotatable bonds is 8. The predicted octanol–water partition coefficient (Wildman–Crippen LogP) is 6.27. The Bertz CT molecular complexity index is 1070. The summed E-state index contributed by atoms with van der Waals surface area (Å²) in [5.74, 6) is -4.55. The maximum atomic E-state index is 13.6. The Morgan fingerprint density at radius 2 is 1.82 bits per heavy atom. The Balaban J connectivity index is 1.52. The molecule has 0 aromatic heterocycles. The second-order valence-corrected chi connectivity index (χ2v) is 10.0. The quantitative estimate of drug-likeness (QED) is 0.411. The van der Waals surface area contributed by atoms with Gasteiger partial charge in [-0.3, -0.25) is 0 Å². The van der Waals surface area contributed by atoms with Crippen LogP contribution >= 0.6 is 23.2 Å². The summed E-state index contributed by atoms with van der Waals surface area (Å²) in [7, 11) is 0. The van der Waals surface area contributed by atoms with Gasteiger partial charge in [-0.2, -0.15) is 0 Å². The van der Waals surface area contributed by atoms with Crippen molar-refractivity contribution in [2.24, 2.45) is 0 Å². The van der Waals surface area contributed by atoms with Crippen molar-refractivity contribution in [1.29, 1.82) is 0 Å². The molecular weight excluding hydrogens is 485 g/mol. The van der Waals surface area contributed by atoms with Crippen molar-refractivity contribution in [2.75, 3.05) is 6.54 Å². The summed E-state index contributed by atoms with van der Waals surface area (Å²) in [5, 5.41) is 13.0. The normalized spacial score (nSPS) is 19.7. The van der Waals surface area contributed by atoms with Crippen molar-refractivity contribution in [3.05, 3.63) is 69.2 Å². The number of urea groups is 1. The maximum Gasteiger partial charge on any atom is 0.329 e. The van der Waals surface area contributed by atoms with Gasteiger partial charge >= 0.3 is 12.0 Å². The molecule has 1 fully saturated rings. The van der Waals surface area contributed by atoms with Gasteiger partial charge in [0.1, 0.15) is 0 Å². The van der Waals surface area contributed by atoms with Crippen LogP contribution in [0.4, 0.5) is 13.6 Å². The van der Waals surface area contributed by atoms with Crippen LogP contribution in [0, 0.1) is 0 Å². The number of carboxylic acids is 1. The highest BCUT2D eigenvalue weighted by atomic mass is 35.5. The van der Waals surface area contributed by atoms with Crippen molar-refractivity contribution in [3.8, 4) is 0 Å². The number of aryl methyl sites for hydroxylation is 1. The third-order valence-corrected chi connectivity index (χ3v) is 7.25. The molecule has 2 aliphatic carbocycles. The summed E-state index contributed by atoms with van der Waals surface area (Å²) < 4.78 is 27.2. The molecule has 1 saturated carbocycles. The number of unbranched alkanes of at least 4 members (excludes halogenated alkanes) is 1. The first-order chi connectivity index (χ1) is 16.1. The van der Waals surface area contributed by atoms with E-state index in [2.05, 4.69) is 5.32 Å². The molecule has 2 aliphatic rings. The van der Waals surface area contributed by atoms with Crippen molar-refractivity contribution in [1.82, 2.24) is 10.2 Å². The topological polar surface area (TPSA) is 69.6 Å². The average Bonchev–Trinajstić information content (AvgIpc) is 3.16. The Kier molecular flexibility index (Phi) is 7.06. The van der Waals surface area contributed by atoms with E-state index in [1.165, 1.54) is 5.56 Å². The number of carbonyl (C=O) groups excluding carboxylic acids is 1. The molecule has 1 unspecified atom stereocenters. The minimum Gasteiger partial charge on any atom is -0.479 e. The molecule has 5 nitrogen and oxygen atoms in total. The lowest BCUT2D eigenvalue weighted by atomic mass is 9.73. The van der Waals surface area contributed by atoms with E-state index >= 15 is 0 Å². The minimum absolute atomic E-state index is 0.346. The molecule has 0 radical (unpaired) electrons. The monoisotopic (exact) mass is 510 g/mol. The van der Waals surface area contributed by atoms with Crippen molar-refractivity contribution in [2.45, 2.75) is 62.4 Å². The summed E-state index contributed by atoms with van der Waals surface area (Å²) in [6.45, 7) is 0.346. The fourth-order valence-corrected chi connectivity index (χ4v) is 5.60. The first kappa shape index (κ1) is 24.7. The van der Waals surface area contributed by atoms with Gasteiger partial charge < -0.3 is 15.3 Å². The van der Waals surface area contributed by atoms with E-state index in [-0.39, 0.29) is 6.04 Å². The van der Waals surface area contributed by atoms with E-state index in [4.69, 9.17) is 23.2 Å². The Hall–Kier alpha value is -2.38.